The van der Waals surface area contributed by atoms with Gasteiger partial charge in [-0.05, 0) is 18.6 Å². The number of aromatic nitrogens is 1. The van der Waals surface area contributed by atoms with Gasteiger partial charge in [-0.3, -0.25) is 0 Å². The number of nitrogens with zero attached hydrogens (tertiary/aromatic N) is 2. The van der Waals surface area contributed by atoms with Crippen molar-refractivity contribution in [2.75, 3.05) is 11.9 Å². The van der Waals surface area contributed by atoms with Gasteiger partial charge in [0.05, 0.1) is 17.2 Å². The van der Waals surface area contributed by atoms with E-state index in [4.69, 9.17) is 5.26 Å². The Morgan fingerprint density at radius 1 is 1.44 bits per heavy atom. The molecule has 0 fully saturated rings. The van der Waals surface area contributed by atoms with Crippen LogP contribution in [0.4, 0.5) is 5.82 Å². The van der Waals surface area contributed by atoms with Gasteiger partial charge in [0.2, 0.25) is 0 Å². The molecule has 4 nitrogen and oxygen atoms in total. The van der Waals surface area contributed by atoms with Gasteiger partial charge >= 0.3 is 0 Å². The molecule has 1 aromatic carbocycles. The number of nitrogens with one attached hydrogen (secondary N) is 1. The molecule has 0 bridgehead atoms. The molecule has 18 heavy (non-hydrogen) atoms. The molecule has 0 spiro atoms. The third-order valence-corrected chi connectivity index (χ3v) is 2.82. The van der Waals surface area contributed by atoms with Crippen molar-refractivity contribution >= 4 is 16.7 Å². The minimum atomic E-state index is -0.426. The number of fused-ring (bicyclic) bond motifs is 1. The van der Waals surface area contributed by atoms with Crippen molar-refractivity contribution in [3.8, 4) is 6.07 Å². The van der Waals surface area contributed by atoms with Gasteiger partial charge in [0, 0.05) is 11.9 Å². The van der Waals surface area contributed by atoms with Crippen LogP contribution in [0, 0.1) is 11.3 Å². The highest BCUT2D eigenvalue weighted by Gasteiger charge is 2.07. The average Bonchev–Trinajstić information content (AvgIpc) is 2.43. The number of nitriles is 1. The smallest absolute Gasteiger partial charge is 0.144 e. The molecule has 1 aromatic heterocycles. The molecule has 0 radical (unpaired) electrons. The van der Waals surface area contributed by atoms with E-state index >= 15 is 0 Å². The zero-order valence-electron chi connectivity index (χ0n) is 10.2. The van der Waals surface area contributed by atoms with Crippen molar-refractivity contribution in [2.24, 2.45) is 0 Å². The predicted molar refractivity (Wildman–Crippen MR) is 71.2 cm³/mol. The van der Waals surface area contributed by atoms with Crippen molar-refractivity contribution in [1.82, 2.24) is 4.98 Å². The molecule has 1 heterocycles. The maximum absolute atomic E-state index is 9.52. The minimum Gasteiger partial charge on any atom is -0.391 e. The molecule has 2 rings (SSSR count). The molecule has 0 amide bonds. The molecule has 0 saturated heterocycles. The Bertz CT molecular complexity index is 589. The second-order valence-corrected chi connectivity index (χ2v) is 4.13. The van der Waals surface area contributed by atoms with Gasteiger partial charge in [-0.15, -0.1) is 0 Å². The van der Waals surface area contributed by atoms with Crippen molar-refractivity contribution in [1.29, 1.82) is 5.26 Å². The molecule has 4 heteroatoms. The van der Waals surface area contributed by atoms with Crippen LogP contribution in [0.1, 0.15) is 18.9 Å². The van der Waals surface area contributed by atoms with Crippen LogP contribution < -0.4 is 5.32 Å². The monoisotopic (exact) mass is 241 g/mol. The second kappa shape index (κ2) is 5.48. The molecule has 2 N–H and O–H groups in total. The lowest BCUT2D eigenvalue weighted by molar-refractivity contribution is 0.183. The molecule has 1 unspecified atom stereocenters. The van der Waals surface area contributed by atoms with Crippen molar-refractivity contribution in [3.05, 3.63) is 35.9 Å². The summed E-state index contributed by atoms with van der Waals surface area (Å²) < 4.78 is 0. The van der Waals surface area contributed by atoms with E-state index in [1.165, 1.54) is 0 Å². The summed E-state index contributed by atoms with van der Waals surface area (Å²) in [6.07, 6.45) is 0.243. The van der Waals surface area contributed by atoms with Crippen LogP contribution in [-0.2, 0) is 0 Å². The van der Waals surface area contributed by atoms with Gasteiger partial charge in [0.15, 0.2) is 0 Å². The zero-order valence-corrected chi connectivity index (χ0v) is 10.2. The van der Waals surface area contributed by atoms with Crippen LogP contribution in [0.15, 0.2) is 30.3 Å². The molecule has 0 saturated carbocycles. The standard InChI is InChI=1S/C14H15N3O/c1-2-12(18)9-16-14-11(8-15)7-10-5-3-4-6-13(10)17-14/h3-7,12,18H,2,9H2,1H3,(H,16,17). The van der Waals surface area contributed by atoms with Crippen molar-refractivity contribution < 1.29 is 5.11 Å². The third-order valence-electron chi connectivity index (χ3n) is 2.82. The molecule has 0 aliphatic carbocycles. The van der Waals surface area contributed by atoms with Gasteiger partial charge in [-0.1, -0.05) is 25.1 Å². The first kappa shape index (κ1) is 12.3. The first-order chi connectivity index (χ1) is 8.74. The number of benzene rings is 1. The van der Waals surface area contributed by atoms with Crippen molar-refractivity contribution in [3.63, 3.8) is 0 Å². The van der Waals surface area contributed by atoms with E-state index in [1.807, 2.05) is 37.3 Å². The zero-order chi connectivity index (χ0) is 13.0. The Labute approximate surface area is 106 Å². The Balaban J connectivity index is 2.34. The number of aliphatic hydroxyl groups excluding tert-OH is 1. The summed E-state index contributed by atoms with van der Waals surface area (Å²) in [7, 11) is 0. The Morgan fingerprint density at radius 3 is 2.94 bits per heavy atom. The molecular weight excluding hydrogens is 226 g/mol. The van der Waals surface area contributed by atoms with E-state index in [0.717, 1.165) is 10.9 Å². The fourth-order valence-electron chi connectivity index (χ4n) is 1.69. The number of aliphatic hydroxyl groups is 1. The maximum Gasteiger partial charge on any atom is 0.144 e. The topological polar surface area (TPSA) is 68.9 Å². The second-order valence-electron chi connectivity index (χ2n) is 4.13. The van der Waals surface area contributed by atoms with E-state index in [9.17, 15) is 5.11 Å². The summed E-state index contributed by atoms with van der Waals surface area (Å²) in [5.41, 5.74) is 1.34. The molecular formula is C14H15N3O. The fraction of sp³-hybridized carbons (Fsp3) is 0.286. The summed E-state index contributed by atoms with van der Waals surface area (Å²) in [6, 6.07) is 11.6. The summed E-state index contributed by atoms with van der Waals surface area (Å²) in [6.45, 7) is 2.31. The van der Waals surface area contributed by atoms with Crippen LogP contribution in [0.2, 0.25) is 0 Å². The molecule has 0 aliphatic rings. The number of anilines is 1. The lowest BCUT2D eigenvalue weighted by Crippen LogP contribution is -2.19. The van der Waals surface area contributed by atoms with E-state index in [-0.39, 0.29) is 0 Å². The highest BCUT2D eigenvalue weighted by atomic mass is 16.3. The lowest BCUT2D eigenvalue weighted by atomic mass is 10.1. The van der Waals surface area contributed by atoms with E-state index in [2.05, 4.69) is 16.4 Å². The predicted octanol–water partition coefficient (Wildman–Crippen LogP) is 2.29. The Kier molecular flexibility index (Phi) is 3.75. The van der Waals surface area contributed by atoms with Crippen LogP contribution in [0.25, 0.3) is 10.9 Å². The van der Waals surface area contributed by atoms with Crippen LogP contribution in [0.3, 0.4) is 0 Å². The number of hydrogen-bond donors (Lipinski definition) is 2. The lowest BCUT2D eigenvalue weighted by Gasteiger charge is -2.11. The number of pyridine rings is 1. The summed E-state index contributed by atoms with van der Waals surface area (Å²) in [5, 5.41) is 22.6. The minimum absolute atomic E-state index is 0.399. The van der Waals surface area contributed by atoms with Crippen LogP contribution >= 0.6 is 0 Å². The fourth-order valence-corrected chi connectivity index (χ4v) is 1.69. The number of hydrogen-bond acceptors (Lipinski definition) is 4. The van der Waals surface area contributed by atoms with E-state index < -0.39 is 6.10 Å². The first-order valence-corrected chi connectivity index (χ1v) is 5.96. The van der Waals surface area contributed by atoms with Crippen LogP contribution in [-0.4, -0.2) is 22.7 Å². The highest BCUT2D eigenvalue weighted by Crippen LogP contribution is 2.19. The molecule has 1 atom stereocenters. The van der Waals surface area contributed by atoms with Gasteiger partial charge in [-0.25, -0.2) is 4.98 Å². The van der Waals surface area contributed by atoms with Gasteiger partial charge < -0.3 is 10.4 Å². The Hall–Kier alpha value is -2.12. The summed E-state index contributed by atoms with van der Waals surface area (Å²) in [5.74, 6) is 0.531. The van der Waals surface area contributed by atoms with Crippen molar-refractivity contribution in [2.45, 2.75) is 19.4 Å². The largest absolute Gasteiger partial charge is 0.391 e. The normalized spacial score (nSPS) is 12.1. The van der Waals surface area contributed by atoms with E-state index in [1.54, 1.807) is 0 Å². The van der Waals surface area contributed by atoms with Gasteiger partial charge in [0.25, 0.3) is 0 Å². The number of para-hydroxylation sites is 1. The third kappa shape index (κ3) is 2.58. The van der Waals surface area contributed by atoms with Gasteiger partial charge in [-0.2, -0.15) is 5.26 Å². The Morgan fingerprint density at radius 2 is 2.22 bits per heavy atom. The quantitative estimate of drug-likeness (QED) is 0.861. The van der Waals surface area contributed by atoms with Gasteiger partial charge in [0.1, 0.15) is 11.9 Å². The van der Waals surface area contributed by atoms with Crippen LogP contribution in [0.5, 0.6) is 0 Å². The van der Waals surface area contributed by atoms with E-state index in [0.29, 0.717) is 24.3 Å². The summed E-state index contributed by atoms with van der Waals surface area (Å²) in [4.78, 5) is 4.41. The average molecular weight is 241 g/mol. The summed E-state index contributed by atoms with van der Waals surface area (Å²) >= 11 is 0. The molecule has 0 aliphatic heterocycles. The first-order valence-electron chi connectivity index (χ1n) is 5.96. The highest BCUT2D eigenvalue weighted by molar-refractivity contribution is 5.82. The molecule has 92 valence electrons. The maximum atomic E-state index is 9.52. The SMILES string of the molecule is CCC(O)CNc1nc2ccccc2cc1C#N. The number of rotatable bonds is 4. The molecule has 2 aromatic rings.